The standard InChI is InChI=1S/C13H20ClN/c1-4-5-7-10(2)15-13-9-6-8-12(14)11(13)3/h6,8-10,15H,4-5,7H2,1-3H3. The van der Waals surface area contributed by atoms with Crippen LogP contribution in [0.15, 0.2) is 18.2 Å². The maximum atomic E-state index is 6.06. The highest BCUT2D eigenvalue weighted by Gasteiger charge is 2.05. The molecule has 0 aromatic heterocycles. The Hall–Kier alpha value is -0.690. The Kier molecular flexibility index (Phi) is 4.97. The number of rotatable bonds is 5. The van der Waals surface area contributed by atoms with Crippen molar-refractivity contribution in [1.82, 2.24) is 0 Å². The van der Waals surface area contributed by atoms with Gasteiger partial charge in [-0.05, 0) is 38.0 Å². The van der Waals surface area contributed by atoms with E-state index in [-0.39, 0.29) is 0 Å². The molecule has 1 aromatic rings. The second-order valence-corrected chi connectivity index (χ2v) is 4.51. The number of anilines is 1. The molecule has 1 rings (SSSR count). The minimum Gasteiger partial charge on any atom is -0.382 e. The van der Waals surface area contributed by atoms with Gasteiger partial charge in [-0.3, -0.25) is 0 Å². The van der Waals surface area contributed by atoms with E-state index in [1.165, 1.54) is 19.3 Å². The van der Waals surface area contributed by atoms with E-state index in [4.69, 9.17) is 11.6 Å². The number of nitrogens with one attached hydrogen (secondary N) is 1. The quantitative estimate of drug-likeness (QED) is 0.770. The molecule has 1 unspecified atom stereocenters. The van der Waals surface area contributed by atoms with Gasteiger partial charge in [0.25, 0.3) is 0 Å². The maximum absolute atomic E-state index is 6.06. The molecule has 0 aliphatic carbocycles. The fourth-order valence-electron chi connectivity index (χ4n) is 1.61. The topological polar surface area (TPSA) is 12.0 Å². The van der Waals surface area contributed by atoms with E-state index in [0.717, 1.165) is 16.3 Å². The summed E-state index contributed by atoms with van der Waals surface area (Å²) in [6, 6.07) is 6.52. The zero-order valence-corrected chi connectivity index (χ0v) is 10.6. The van der Waals surface area contributed by atoms with Gasteiger partial charge in [0, 0.05) is 16.8 Å². The highest BCUT2D eigenvalue weighted by atomic mass is 35.5. The molecule has 0 radical (unpaired) electrons. The van der Waals surface area contributed by atoms with Crippen molar-refractivity contribution in [2.24, 2.45) is 0 Å². The Morgan fingerprint density at radius 1 is 1.40 bits per heavy atom. The zero-order valence-electron chi connectivity index (χ0n) is 9.81. The van der Waals surface area contributed by atoms with Gasteiger partial charge in [0.2, 0.25) is 0 Å². The fourth-order valence-corrected chi connectivity index (χ4v) is 1.79. The van der Waals surface area contributed by atoms with Crippen LogP contribution in [0, 0.1) is 6.92 Å². The molecule has 84 valence electrons. The Labute approximate surface area is 97.8 Å². The molecule has 0 saturated carbocycles. The van der Waals surface area contributed by atoms with Gasteiger partial charge < -0.3 is 5.32 Å². The lowest BCUT2D eigenvalue weighted by molar-refractivity contribution is 0.645. The SMILES string of the molecule is CCCCC(C)Nc1cccc(Cl)c1C. The Bertz CT molecular complexity index is 309. The lowest BCUT2D eigenvalue weighted by Gasteiger charge is -2.17. The fraction of sp³-hybridized carbons (Fsp3) is 0.538. The molecule has 0 heterocycles. The molecule has 0 amide bonds. The molecule has 0 saturated heterocycles. The number of benzene rings is 1. The summed E-state index contributed by atoms with van der Waals surface area (Å²) in [4.78, 5) is 0. The van der Waals surface area contributed by atoms with Crippen molar-refractivity contribution in [3.63, 3.8) is 0 Å². The van der Waals surface area contributed by atoms with Crippen molar-refractivity contribution in [2.45, 2.75) is 46.1 Å². The van der Waals surface area contributed by atoms with Crippen LogP contribution in [0.3, 0.4) is 0 Å². The molecule has 0 aliphatic rings. The molecule has 2 heteroatoms. The molecule has 1 aromatic carbocycles. The van der Waals surface area contributed by atoms with Gasteiger partial charge in [0.1, 0.15) is 0 Å². The van der Waals surface area contributed by atoms with Crippen LogP contribution in [0.2, 0.25) is 5.02 Å². The first kappa shape index (κ1) is 12.4. The van der Waals surface area contributed by atoms with E-state index in [9.17, 15) is 0 Å². The number of hydrogen-bond donors (Lipinski definition) is 1. The summed E-state index contributed by atoms with van der Waals surface area (Å²) in [6.07, 6.45) is 3.73. The van der Waals surface area contributed by atoms with Gasteiger partial charge in [-0.2, -0.15) is 0 Å². The first-order chi connectivity index (χ1) is 7.15. The molecule has 0 bridgehead atoms. The number of hydrogen-bond acceptors (Lipinski definition) is 1. The van der Waals surface area contributed by atoms with Gasteiger partial charge in [0.15, 0.2) is 0 Å². The highest BCUT2D eigenvalue weighted by Crippen LogP contribution is 2.24. The van der Waals surface area contributed by atoms with Gasteiger partial charge in [0.05, 0.1) is 0 Å². The van der Waals surface area contributed by atoms with Crippen molar-refractivity contribution in [3.8, 4) is 0 Å². The van der Waals surface area contributed by atoms with Gasteiger partial charge in [-0.15, -0.1) is 0 Å². The highest BCUT2D eigenvalue weighted by molar-refractivity contribution is 6.31. The van der Waals surface area contributed by atoms with Crippen molar-refractivity contribution in [1.29, 1.82) is 0 Å². The lowest BCUT2D eigenvalue weighted by Crippen LogP contribution is -2.15. The first-order valence-corrected chi connectivity index (χ1v) is 6.04. The summed E-state index contributed by atoms with van der Waals surface area (Å²) < 4.78 is 0. The zero-order chi connectivity index (χ0) is 11.3. The second-order valence-electron chi connectivity index (χ2n) is 4.10. The van der Waals surface area contributed by atoms with E-state index in [2.05, 4.69) is 32.2 Å². The van der Waals surface area contributed by atoms with Crippen LogP contribution in [-0.2, 0) is 0 Å². The Balaban J connectivity index is 2.60. The summed E-state index contributed by atoms with van der Waals surface area (Å²) in [5.74, 6) is 0. The van der Waals surface area contributed by atoms with Crippen molar-refractivity contribution in [2.75, 3.05) is 5.32 Å². The summed E-state index contributed by atoms with van der Waals surface area (Å²) >= 11 is 6.06. The van der Waals surface area contributed by atoms with Crippen LogP contribution in [-0.4, -0.2) is 6.04 Å². The molecule has 1 nitrogen and oxygen atoms in total. The predicted molar refractivity (Wildman–Crippen MR) is 68.8 cm³/mol. The van der Waals surface area contributed by atoms with Gasteiger partial charge in [-0.1, -0.05) is 37.4 Å². The van der Waals surface area contributed by atoms with E-state index in [1.54, 1.807) is 0 Å². The monoisotopic (exact) mass is 225 g/mol. The van der Waals surface area contributed by atoms with Crippen LogP contribution in [0.4, 0.5) is 5.69 Å². The minimum absolute atomic E-state index is 0.516. The predicted octanol–water partition coefficient (Wildman–Crippen LogP) is 4.64. The van der Waals surface area contributed by atoms with Crippen molar-refractivity contribution in [3.05, 3.63) is 28.8 Å². The molecule has 15 heavy (non-hydrogen) atoms. The average Bonchev–Trinajstić information content (AvgIpc) is 2.22. The summed E-state index contributed by atoms with van der Waals surface area (Å²) in [7, 11) is 0. The van der Waals surface area contributed by atoms with E-state index in [1.807, 2.05) is 12.1 Å². The van der Waals surface area contributed by atoms with Crippen LogP contribution < -0.4 is 5.32 Å². The van der Waals surface area contributed by atoms with Crippen LogP contribution in [0.1, 0.15) is 38.7 Å². The Morgan fingerprint density at radius 2 is 2.13 bits per heavy atom. The molecule has 0 spiro atoms. The molecule has 0 aliphatic heterocycles. The molecule has 0 fully saturated rings. The average molecular weight is 226 g/mol. The lowest BCUT2D eigenvalue weighted by atomic mass is 10.1. The smallest absolute Gasteiger partial charge is 0.0455 e. The molecular formula is C13H20ClN. The molecular weight excluding hydrogens is 206 g/mol. The third-order valence-corrected chi connectivity index (χ3v) is 3.07. The summed E-state index contributed by atoms with van der Waals surface area (Å²) in [6.45, 7) is 6.49. The Morgan fingerprint density at radius 3 is 2.80 bits per heavy atom. The van der Waals surface area contributed by atoms with Crippen LogP contribution in [0.5, 0.6) is 0 Å². The minimum atomic E-state index is 0.516. The van der Waals surface area contributed by atoms with E-state index < -0.39 is 0 Å². The first-order valence-electron chi connectivity index (χ1n) is 5.66. The third kappa shape index (κ3) is 3.75. The second kappa shape index (κ2) is 6.02. The van der Waals surface area contributed by atoms with E-state index in [0.29, 0.717) is 6.04 Å². The molecule has 1 atom stereocenters. The number of halogens is 1. The summed E-state index contributed by atoms with van der Waals surface area (Å²) in [5, 5.41) is 4.34. The third-order valence-electron chi connectivity index (χ3n) is 2.66. The normalized spacial score (nSPS) is 12.5. The summed E-state index contributed by atoms with van der Waals surface area (Å²) in [5.41, 5.74) is 2.30. The van der Waals surface area contributed by atoms with Crippen LogP contribution in [0.25, 0.3) is 0 Å². The van der Waals surface area contributed by atoms with E-state index >= 15 is 0 Å². The maximum Gasteiger partial charge on any atom is 0.0455 e. The number of unbranched alkanes of at least 4 members (excludes halogenated alkanes) is 1. The largest absolute Gasteiger partial charge is 0.382 e. The van der Waals surface area contributed by atoms with Crippen molar-refractivity contribution >= 4 is 17.3 Å². The van der Waals surface area contributed by atoms with Gasteiger partial charge >= 0.3 is 0 Å². The van der Waals surface area contributed by atoms with Crippen LogP contribution >= 0.6 is 11.6 Å². The molecule has 1 N–H and O–H groups in total. The van der Waals surface area contributed by atoms with Gasteiger partial charge in [-0.25, -0.2) is 0 Å². The van der Waals surface area contributed by atoms with Crippen molar-refractivity contribution < 1.29 is 0 Å².